The topological polar surface area (TPSA) is 12.0 Å². The summed E-state index contributed by atoms with van der Waals surface area (Å²) in [4.78, 5) is 0. The largest absolute Gasteiger partial charge is 0.388 e. The van der Waals surface area contributed by atoms with Crippen molar-refractivity contribution in [3.8, 4) is 0 Å². The van der Waals surface area contributed by atoms with Crippen LogP contribution in [0.3, 0.4) is 0 Å². The lowest BCUT2D eigenvalue weighted by atomic mass is 9.76. The van der Waals surface area contributed by atoms with E-state index in [0.717, 1.165) is 48.5 Å². The van der Waals surface area contributed by atoms with Crippen molar-refractivity contribution in [2.75, 3.05) is 6.54 Å². The van der Waals surface area contributed by atoms with Crippen molar-refractivity contribution < 1.29 is 0 Å². The zero-order valence-corrected chi connectivity index (χ0v) is 22.9. The van der Waals surface area contributed by atoms with Gasteiger partial charge < -0.3 is 5.32 Å². The molecule has 1 nitrogen and oxygen atoms in total. The summed E-state index contributed by atoms with van der Waals surface area (Å²) in [6.45, 7) is 27.4. The molecule has 0 bridgehead atoms. The second-order valence-electron chi connectivity index (χ2n) is 12.2. The van der Waals surface area contributed by atoms with E-state index in [1.165, 1.54) is 50.6 Å². The SMILES string of the molecule is CC/C=C(\CC(C)CC(C)C(C)(C)C)NCC(C)CCC(CC(C)C)[C@H](C)CCC. The molecule has 180 valence electrons. The monoisotopic (exact) mass is 421 g/mol. The lowest BCUT2D eigenvalue weighted by molar-refractivity contribution is 0.217. The fourth-order valence-electron chi connectivity index (χ4n) is 4.73. The Hall–Kier alpha value is -0.460. The third-order valence-corrected chi connectivity index (χ3v) is 7.28. The third kappa shape index (κ3) is 13.8. The Labute approximate surface area is 192 Å². The molecule has 0 aliphatic heterocycles. The molecule has 1 heteroatoms. The van der Waals surface area contributed by atoms with E-state index in [0.29, 0.717) is 5.41 Å². The average molecular weight is 422 g/mol. The summed E-state index contributed by atoms with van der Waals surface area (Å²) in [6.07, 6.45) is 12.9. The second-order valence-corrected chi connectivity index (χ2v) is 12.2. The van der Waals surface area contributed by atoms with Crippen LogP contribution in [0.25, 0.3) is 0 Å². The molecule has 0 saturated carbocycles. The van der Waals surface area contributed by atoms with Gasteiger partial charge in [0.25, 0.3) is 0 Å². The summed E-state index contributed by atoms with van der Waals surface area (Å²) in [5, 5.41) is 3.84. The first-order valence-electron chi connectivity index (χ1n) is 13.3. The standard InChI is InChI=1S/C29H59N/c1-12-14-25(7)27(18-22(3)4)17-16-23(5)21-30-28(15-13-2)20-24(6)19-26(8)29(9,10)11/h15,22-27,30H,12-14,16-21H2,1-11H3/b28-15+/t23?,24?,25-,26?,27?/m1/s1. The van der Waals surface area contributed by atoms with Crippen LogP contribution in [0, 0.1) is 40.9 Å². The van der Waals surface area contributed by atoms with E-state index < -0.39 is 0 Å². The number of allylic oxidation sites excluding steroid dienone is 2. The molecule has 4 unspecified atom stereocenters. The highest BCUT2D eigenvalue weighted by Gasteiger charge is 2.22. The molecule has 0 aromatic heterocycles. The molecule has 0 aromatic carbocycles. The van der Waals surface area contributed by atoms with E-state index in [-0.39, 0.29) is 0 Å². The van der Waals surface area contributed by atoms with E-state index in [9.17, 15) is 0 Å². The number of rotatable bonds is 16. The number of nitrogens with one attached hydrogen (secondary N) is 1. The Morgan fingerprint density at radius 2 is 1.47 bits per heavy atom. The Balaban J connectivity index is 4.59. The van der Waals surface area contributed by atoms with Crippen molar-refractivity contribution in [3.63, 3.8) is 0 Å². The van der Waals surface area contributed by atoms with Crippen LogP contribution in [-0.4, -0.2) is 6.54 Å². The summed E-state index contributed by atoms with van der Waals surface area (Å²) in [5.74, 6) is 4.84. The van der Waals surface area contributed by atoms with Gasteiger partial charge in [0, 0.05) is 12.2 Å². The molecule has 0 aliphatic rings. The van der Waals surface area contributed by atoms with E-state index >= 15 is 0 Å². The fraction of sp³-hybridized carbons (Fsp3) is 0.931. The quantitative estimate of drug-likeness (QED) is 0.261. The summed E-state index contributed by atoms with van der Waals surface area (Å²) in [5.41, 5.74) is 1.89. The predicted octanol–water partition coefficient (Wildman–Crippen LogP) is 9.48. The van der Waals surface area contributed by atoms with Crippen molar-refractivity contribution in [1.82, 2.24) is 5.32 Å². The summed E-state index contributed by atoms with van der Waals surface area (Å²) in [6, 6.07) is 0. The summed E-state index contributed by atoms with van der Waals surface area (Å²) in [7, 11) is 0. The zero-order valence-electron chi connectivity index (χ0n) is 22.9. The van der Waals surface area contributed by atoms with Gasteiger partial charge in [0.1, 0.15) is 0 Å². The van der Waals surface area contributed by atoms with Crippen LogP contribution in [-0.2, 0) is 0 Å². The van der Waals surface area contributed by atoms with Gasteiger partial charge >= 0.3 is 0 Å². The molecular formula is C29H59N. The summed E-state index contributed by atoms with van der Waals surface area (Å²) < 4.78 is 0. The van der Waals surface area contributed by atoms with Crippen molar-refractivity contribution in [2.24, 2.45) is 40.9 Å². The van der Waals surface area contributed by atoms with Crippen LogP contribution >= 0.6 is 0 Å². The minimum atomic E-state index is 0.409. The van der Waals surface area contributed by atoms with Gasteiger partial charge in [0.2, 0.25) is 0 Å². The van der Waals surface area contributed by atoms with Crippen LogP contribution in [0.15, 0.2) is 11.8 Å². The number of hydrogen-bond donors (Lipinski definition) is 1. The molecule has 0 amide bonds. The first-order chi connectivity index (χ1) is 13.9. The van der Waals surface area contributed by atoms with Crippen molar-refractivity contribution in [3.05, 3.63) is 11.8 Å². The van der Waals surface area contributed by atoms with Gasteiger partial charge in [0.15, 0.2) is 0 Å². The smallest absolute Gasteiger partial charge is 0.0169 e. The molecule has 1 N–H and O–H groups in total. The van der Waals surface area contributed by atoms with Gasteiger partial charge in [-0.3, -0.25) is 0 Å². The lowest BCUT2D eigenvalue weighted by Gasteiger charge is -2.30. The molecule has 0 fully saturated rings. The highest BCUT2D eigenvalue weighted by Crippen LogP contribution is 2.32. The van der Waals surface area contributed by atoms with Crippen molar-refractivity contribution in [1.29, 1.82) is 0 Å². The van der Waals surface area contributed by atoms with Gasteiger partial charge in [-0.05, 0) is 79.4 Å². The van der Waals surface area contributed by atoms with Crippen LogP contribution < -0.4 is 5.32 Å². The van der Waals surface area contributed by atoms with Gasteiger partial charge in [-0.15, -0.1) is 0 Å². The van der Waals surface area contributed by atoms with Crippen LogP contribution in [0.1, 0.15) is 128 Å². The van der Waals surface area contributed by atoms with Crippen LogP contribution in [0.2, 0.25) is 0 Å². The number of hydrogen-bond acceptors (Lipinski definition) is 1. The second kappa shape index (κ2) is 15.4. The minimum Gasteiger partial charge on any atom is -0.388 e. The van der Waals surface area contributed by atoms with E-state index in [1.54, 1.807) is 0 Å². The van der Waals surface area contributed by atoms with Gasteiger partial charge in [0.05, 0.1) is 0 Å². The van der Waals surface area contributed by atoms with Crippen LogP contribution in [0.4, 0.5) is 0 Å². The lowest BCUT2D eigenvalue weighted by Crippen LogP contribution is -2.25. The predicted molar refractivity (Wildman–Crippen MR) is 139 cm³/mol. The average Bonchev–Trinajstić information content (AvgIpc) is 2.62. The van der Waals surface area contributed by atoms with E-state index in [1.807, 2.05) is 0 Å². The van der Waals surface area contributed by atoms with Crippen molar-refractivity contribution >= 4 is 0 Å². The molecule has 0 spiro atoms. The zero-order chi connectivity index (χ0) is 23.3. The maximum Gasteiger partial charge on any atom is 0.0169 e. The minimum absolute atomic E-state index is 0.409. The third-order valence-electron chi connectivity index (χ3n) is 7.28. The maximum atomic E-state index is 3.84. The summed E-state index contributed by atoms with van der Waals surface area (Å²) >= 11 is 0. The molecule has 0 radical (unpaired) electrons. The molecule has 0 aliphatic carbocycles. The molecule has 0 rings (SSSR count). The molecular weight excluding hydrogens is 362 g/mol. The molecule has 0 heterocycles. The van der Waals surface area contributed by atoms with E-state index in [4.69, 9.17) is 0 Å². The molecule has 0 aromatic rings. The molecule has 0 saturated heterocycles. The van der Waals surface area contributed by atoms with Crippen LogP contribution in [0.5, 0.6) is 0 Å². The van der Waals surface area contributed by atoms with E-state index in [2.05, 4.69) is 87.6 Å². The molecule has 5 atom stereocenters. The first kappa shape index (κ1) is 29.5. The fourth-order valence-corrected chi connectivity index (χ4v) is 4.73. The molecule has 30 heavy (non-hydrogen) atoms. The Morgan fingerprint density at radius 3 is 1.97 bits per heavy atom. The van der Waals surface area contributed by atoms with Gasteiger partial charge in [-0.25, -0.2) is 0 Å². The Kier molecular flexibility index (Phi) is 15.1. The Morgan fingerprint density at radius 1 is 0.833 bits per heavy atom. The van der Waals surface area contributed by atoms with Gasteiger partial charge in [-0.1, -0.05) is 95.1 Å². The first-order valence-corrected chi connectivity index (χ1v) is 13.3. The highest BCUT2D eigenvalue weighted by atomic mass is 14.9. The van der Waals surface area contributed by atoms with Gasteiger partial charge in [-0.2, -0.15) is 0 Å². The Bertz CT molecular complexity index is 442. The maximum absolute atomic E-state index is 3.84. The normalized spacial score (nSPS) is 18.2. The highest BCUT2D eigenvalue weighted by molar-refractivity contribution is 5.00. The van der Waals surface area contributed by atoms with Crippen molar-refractivity contribution in [2.45, 2.75) is 128 Å².